The van der Waals surface area contributed by atoms with Crippen LogP contribution < -0.4 is 5.32 Å². The van der Waals surface area contributed by atoms with Gasteiger partial charge in [0.25, 0.3) is 0 Å². The summed E-state index contributed by atoms with van der Waals surface area (Å²) in [4.78, 5) is 12.6. The molecule has 0 aliphatic rings. The number of rotatable bonds is 6. The lowest BCUT2D eigenvalue weighted by Crippen LogP contribution is -2.33. The van der Waals surface area contributed by atoms with Gasteiger partial charge in [0.2, 0.25) is 11.1 Å². The summed E-state index contributed by atoms with van der Waals surface area (Å²) in [6.07, 6.45) is 0. The number of benzene rings is 2. The van der Waals surface area contributed by atoms with E-state index in [4.69, 9.17) is 0 Å². The van der Waals surface area contributed by atoms with E-state index in [0.717, 1.165) is 11.3 Å². The maximum atomic E-state index is 12.6. The Hall–Kier alpha value is -2.67. The molecule has 0 aliphatic heterocycles. The van der Waals surface area contributed by atoms with Crippen LogP contribution in [0.25, 0.3) is 5.69 Å². The average Bonchev–Trinajstić information content (AvgIpc) is 3.12. The van der Waals surface area contributed by atoms with Gasteiger partial charge in [0.1, 0.15) is 0 Å². The van der Waals surface area contributed by atoms with E-state index in [1.165, 1.54) is 22.9 Å². The molecule has 1 aromatic heterocycles. The summed E-state index contributed by atoms with van der Waals surface area (Å²) in [7, 11) is 0. The van der Waals surface area contributed by atoms with Gasteiger partial charge in [-0.1, -0.05) is 48.2 Å². The van der Waals surface area contributed by atoms with Gasteiger partial charge in [-0.05, 0) is 66.9 Å². The van der Waals surface area contributed by atoms with E-state index >= 15 is 0 Å². The van der Waals surface area contributed by atoms with Crippen molar-refractivity contribution in [2.24, 2.45) is 0 Å². The van der Waals surface area contributed by atoms with Crippen LogP contribution in [-0.2, 0) is 4.79 Å². The molecule has 2 unspecified atom stereocenters. The first-order chi connectivity index (χ1) is 13.0. The minimum absolute atomic E-state index is 0.0500. The zero-order chi connectivity index (χ0) is 19.4. The highest BCUT2D eigenvalue weighted by Gasteiger charge is 2.21. The molecule has 1 heterocycles. The van der Waals surface area contributed by atoms with Gasteiger partial charge in [0, 0.05) is 0 Å². The molecule has 6 nitrogen and oxygen atoms in total. The van der Waals surface area contributed by atoms with Gasteiger partial charge >= 0.3 is 0 Å². The second-order valence-corrected chi connectivity index (χ2v) is 7.85. The first-order valence-corrected chi connectivity index (χ1v) is 9.71. The lowest BCUT2D eigenvalue weighted by Gasteiger charge is -2.17. The molecule has 1 N–H and O–H groups in total. The highest BCUT2D eigenvalue weighted by atomic mass is 32.2. The van der Waals surface area contributed by atoms with Crippen molar-refractivity contribution in [2.75, 3.05) is 0 Å². The van der Waals surface area contributed by atoms with Gasteiger partial charge in [-0.2, -0.15) is 4.68 Å². The number of hydrogen-bond acceptors (Lipinski definition) is 5. The minimum Gasteiger partial charge on any atom is -0.349 e. The summed E-state index contributed by atoms with van der Waals surface area (Å²) in [6, 6.07) is 15.9. The van der Waals surface area contributed by atoms with Crippen LogP contribution in [0.2, 0.25) is 0 Å². The fourth-order valence-corrected chi connectivity index (χ4v) is 3.46. The number of aromatic nitrogens is 4. The van der Waals surface area contributed by atoms with Gasteiger partial charge in [-0.25, -0.2) is 0 Å². The highest BCUT2D eigenvalue weighted by molar-refractivity contribution is 8.00. The summed E-state index contributed by atoms with van der Waals surface area (Å²) in [5, 5.41) is 15.3. The molecular formula is C20H23N5OS. The molecule has 27 heavy (non-hydrogen) atoms. The summed E-state index contributed by atoms with van der Waals surface area (Å²) in [5.41, 5.74) is 4.34. The number of carbonyl (C=O) groups is 1. The molecule has 1 amide bonds. The molecule has 2 aromatic carbocycles. The Morgan fingerprint density at radius 3 is 2.52 bits per heavy atom. The van der Waals surface area contributed by atoms with E-state index in [9.17, 15) is 4.79 Å². The summed E-state index contributed by atoms with van der Waals surface area (Å²) in [6.45, 7) is 7.95. The Bertz CT molecular complexity index is 925. The molecule has 0 saturated carbocycles. The normalized spacial score (nSPS) is 13.2. The Kier molecular flexibility index (Phi) is 5.91. The average molecular weight is 382 g/mol. The predicted octanol–water partition coefficient (Wildman–Crippen LogP) is 3.64. The molecule has 7 heteroatoms. The van der Waals surface area contributed by atoms with Gasteiger partial charge in [0.15, 0.2) is 0 Å². The van der Waals surface area contributed by atoms with Crippen LogP contribution in [0.1, 0.15) is 36.6 Å². The quantitative estimate of drug-likeness (QED) is 0.660. The molecule has 0 spiro atoms. The van der Waals surface area contributed by atoms with E-state index in [0.29, 0.717) is 5.16 Å². The third-order valence-corrected chi connectivity index (χ3v) is 5.52. The number of aryl methyl sites for hydroxylation is 2. The van der Waals surface area contributed by atoms with Gasteiger partial charge in [0.05, 0.1) is 17.0 Å². The number of amides is 1. The predicted molar refractivity (Wildman–Crippen MR) is 107 cm³/mol. The fraction of sp³-hybridized carbons (Fsp3) is 0.300. The monoisotopic (exact) mass is 381 g/mol. The van der Waals surface area contributed by atoms with Crippen molar-refractivity contribution in [1.82, 2.24) is 25.5 Å². The molecule has 0 bridgehead atoms. The Balaban J connectivity index is 1.69. The van der Waals surface area contributed by atoms with Crippen LogP contribution in [-0.4, -0.2) is 31.4 Å². The first-order valence-electron chi connectivity index (χ1n) is 8.83. The second kappa shape index (κ2) is 8.35. The summed E-state index contributed by atoms with van der Waals surface area (Å²) in [5.74, 6) is -0.0500. The van der Waals surface area contributed by atoms with Crippen molar-refractivity contribution >= 4 is 17.7 Å². The van der Waals surface area contributed by atoms with Crippen LogP contribution in [0, 0.1) is 13.8 Å². The van der Waals surface area contributed by atoms with Crippen LogP contribution in [0.3, 0.4) is 0 Å². The van der Waals surface area contributed by atoms with Crippen molar-refractivity contribution in [3.63, 3.8) is 0 Å². The van der Waals surface area contributed by atoms with Crippen LogP contribution in [0.5, 0.6) is 0 Å². The molecule has 0 radical (unpaired) electrons. The van der Waals surface area contributed by atoms with Gasteiger partial charge in [-0.15, -0.1) is 5.10 Å². The van der Waals surface area contributed by atoms with Crippen molar-refractivity contribution in [2.45, 2.75) is 44.1 Å². The van der Waals surface area contributed by atoms with Crippen molar-refractivity contribution in [3.05, 3.63) is 65.2 Å². The van der Waals surface area contributed by atoms with E-state index in [1.807, 2.05) is 62.4 Å². The third kappa shape index (κ3) is 4.54. The Morgan fingerprint density at radius 2 is 1.81 bits per heavy atom. The van der Waals surface area contributed by atoms with Crippen molar-refractivity contribution < 1.29 is 4.79 Å². The van der Waals surface area contributed by atoms with Crippen LogP contribution >= 0.6 is 11.8 Å². The zero-order valence-electron chi connectivity index (χ0n) is 15.9. The molecule has 0 saturated heterocycles. The maximum Gasteiger partial charge on any atom is 0.233 e. The molecule has 3 aromatic rings. The molecule has 0 fully saturated rings. The summed E-state index contributed by atoms with van der Waals surface area (Å²) >= 11 is 1.34. The maximum absolute atomic E-state index is 12.6. The number of carbonyl (C=O) groups excluding carboxylic acids is 1. The lowest BCUT2D eigenvalue weighted by molar-refractivity contribution is -0.120. The fourth-order valence-electron chi connectivity index (χ4n) is 2.64. The standard InChI is InChI=1S/C20H23N5OS/c1-13-10-11-18(12-14(13)2)25-20(22-23-24-25)27-16(4)19(26)21-15(3)17-8-6-5-7-9-17/h5-12,15-16H,1-4H3,(H,21,26). The van der Waals surface area contributed by atoms with Crippen molar-refractivity contribution in [1.29, 1.82) is 0 Å². The topological polar surface area (TPSA) is 72.7 Å². The Morgan fingerprint density at radius 1 is 1.07 bits per heavy atom. The number of nitrogens with zero attached hydrogens (tertiary/aromatic N) is 4. The number of hydrogen-bond donors (Lipinski definition) is 1. The molecule has 0 aliphatic carbocycles. The third-order valence-electron chi connectivity index (χ3n) is 4.49. The lowest BCUT2D eigenvalue weighted by atomic mass is 10.1. The number of nitrogens with one attached hydrogen (secondary N) is 1. The molecule has 3 rings (SSSR count). The second-order valence-electron chi connectivity index (χ2n) is 6.54. The summed E-state index contributed by atoms with van der Waals surface area (Å²) < 4.78 is 1.67. The van der Waals surface area contributed by atoms with E-state index in [2.05, 4.69) is 34.7 Å². The van der Waals surface area contributed by atoms with E-state index < -0.39 is 0 Å². The van der Waals surface area contributed by atoms with Crippen molar-refractivity contribution in [3.8, 4) is 5.69 Å². The van der Waals surface area contributed by atoms with Crippen LogP contribution in [0.4, 0.5) is 0 Å². The molecule has 140 valence electrons. The first kappa shape index (κ1) is 19.1. The van der Waals surface area contributed by atoms with E-state index in [-0.39, 0.29) is 17.2 Å². The zero-order valence-corrected chi connectivity index (χ0v) is 16.7. The van der Waals surface area contributed by atoms with Gasteiger partial charge < -0.3 is 5.32 Å². The highest BCUT2D eigenvalue weighted by Crippen LogP contribution is 2.24. The molecule has 2 atom stereocenters. The van der Waals surface area contributed by atoms with Gasteiger partial charge in [-0.3, -0.25) is 4.79 Å². The minimum atomic E-state index is -0.326. The number of thioether (sulfide) groups is 1. The number of tetrazole rings is 1. The molecular weight excluding hydrogens is 358 g/mol. The Labute approximate surface area is 163 Å². The SMILES string of the molecule is Cc1ccc(-n2nnnc2SC(C)C(=O)NC(C)c2ccccc2)cc1C. The van der Waals surface area contributed by atoms with Crippen LogP contribution in [0.15, 0.2) is 53.7 Å². The largest absolute Gasteiger partial charge is 0.349 e. The smallest absolute Gasteiger partial charge is 0.233 e. The van der Waals surface area contributed by atoms with E-state index in [1.54, 1.807) is 4.68 Å².